The van der Waals surface area contributed by atoms with Crippen LogP contribution in [-0.2, 0) is 16.0 Å². The van der Waals surface area contributed by atoms with Crippen molar-refractivity contribution in [3.8, 4) is 5.75 Å². The molecule has 25 heavy (non-hydrogen) atoms. The Morgan fingerprint density at radius 1 is 1.40 bits per heavy atom. The molecule has 1 aromatic carbocycles. The predicted molar refractivity (Wildman–Crippen MR) is 91.7 cm³/mol. The predicted octanol–water partition coefficient (Wildman–Crippen LogP) is 0.462. The number of imidazole rings is 1. The van der Waals surface area contributed by atoms with Gasteiger partial charge in [-0.25, -0.2) is 4.98 Å². The molecule has 2 aromatic rings. The number of hydrogen-bond donors (Lipinski definition) is 3. The lowest BCUT2D eigenvalue weighted by Gasteiger charge is -2.26. The number of morpholine rings is 1. The largest absolute Gasteiger partial charge is 0.507 e. The number of benzene rings is 1. The topological polar surface area (TPSA) is 108 Å². The van der Waals surface area contributed by atoms with Crippen LogP contribution >= 0.6 is 0 Å². The van der Waals surface area contributed by atoms with Crippen molar-refractivity contribution in [3.63, 3.8) is 0 Å². The van der Waals surface area contributed by atoms with Crippen molar-refractivity contribution in [3.05, 3.63) is 23.5 Å². The van der Waals surface area contributed by atoms with E-state index in [1.807, 2.05) is 0 Å². The summed E-state index contributed by atoms with van der Waals surface area (Å²) in [5.41, 5.74) is 1.28. The summed E-state index contributed by atoms with van der Waals surface area (Å²) >= 11 is 0. The Kier molecular flexibility index (Phi) is 5.62. The molecule has 3 rings (SSSR count). The summed E-state index contributed by atoms with van der Waals surface area (Å²) in [5.74, 6) is 0.498. The summed E-state index contributed by atoms with van der Waals surface area (Å²) < 4.78 is 5.29. The fourth-order valence-corrected chi connectivity index (χ4v) is 2.88. The number of aldehydes is 1. The van der Waals surface area contributed by atoms with Crippen molar-refractivity contribution in [2.75, 3.05) is 39.4 Å². The molecule has 134 valence electrons. The summed E-state index contributed by atoms with van der Waals surface area (Å²) in [4.78, 5) is 32.7. The molecule has 0 atom stereocenters. The van der Waals surface area contributed by atoms with Crippen LogP contribution in [0.5, 0.6) is 5.75 Å². The van der Waals surface area contributed by atoms with Crippen LogP contribution in [-0.4, -0.2) is 71.6 Å². The van der Waals surface area contributed by atoms with Crippen LogP contribution in [0, 0.1) is 0 Å². The molecule has 2 heterocycles. The number of hydrogen-bond acceptors (Lipinski definition) is 6. The number of phenolic OH excluding ortho intramolecular Hbond substituents is 1. The maximum Gasteiger partial charge on any atom is 0.220 e. The van der Waals surface area contributed by atoms with E-state index in [4.69, 9.17) is 4.74 Å². The number of H-pyrrole nitrogens is 1. The van der Waals surface area contributed by atoms with Gasteiger partial charge in [-0.2, -0.15) is 0 Å². The Hall–Kier alpha value is -2.45. The molecule has 0 saturated carbocycles. The van der Waals surface area contributed by atoms with Gasteiger partial charge >= 0.3 is 0 Å². The lowest BCUT2D eigenvalue weighted by molar-refractivity contribution is -0.121. The molecule has 8 heteroatoms. The zero-order chi connectivity index (χ0) is 17.6. The second kappa shape index (κ2) is 8.09. The van der Waals surface area contributed by atoms with Crippen molar-refractivity contribution < 1.29 is 19.4 Å². The molecule has 0 unspecified atom stereocenters. The van der Waals surface area contributed by atoms with E-state index in [0.717, 1.165) is 32.8 Å². The molecule has 8 nitrogen and oxygen atoms in total. The van der Waals surface area contributed by atoms with E-state index in [2.05, 4.69) is 20.2 Å². The highest BCUT2D eigenvalue weighted by molar-refractivity contribution is 5.97. The van der Waals surface area contributed by atoms with Crippen molar-refractivity contribution in [2.24, 2.45) is 0 Å². The highest BCUT2D eigenvalue weighted by atomic mass is 16.5. The number of aromatic amines is 1. The van der Waals surface area contributed by atoms with Crippen LogP contribution < -0.4 is 5.32 Å². The van der Waals surface area contributed by atoms with Crippen LogP contribution in [0.25, 0.3) is 11.0 Å². The second-order valence-corrected chi connectivity index (χ2v) is 6.00. The van der Waals surface area contributed by atoms with Gasteiger partial charge in [0.2, 0.25) is 5.91 Å². The van der Waals surface area contributed by atoms with Crippen molar-refractivity contribution in [1.29, 1.82) is 0 Å². The third-order valence-electron chi connectivity index (χ3n) is 4.29. The highest BCUT2D eigenvalue weighted by Gasteiger charge is 2.13. The Labute approximate surface area is 145 Å². The van der Waals surface area contributed by atoms with E-state index >= 15 is 0 Å². The highest BCUT2D eigenvalue weighted by Crippen LogP contribution is 2.24. The Balaban J connectivity index is 1.48. The number of ether oxygens (including phenoxy) is 1. The molecule has 0 spiro atoms. The summed E-state index contributed by atoms with van der Waals surface area (Å²) in [6.07, 6.45) is 1.35. The SMILES string of the molecule is O=Cc1c(O)ccc2nc(CCC(=O)NCCN3CCOCC3)[nH]c12. The standard InChI is InChI=1S/C17H22N4O4/c22-11-12-14(23)2-1-13-17(12)20-15(19-13)3-4-16(24)18-5-6-21-7-9-25-10-8-21/h1-2,11,23H,3-10H2,(H,18,24)(H,19,20). The zero-order valence-corrected chi connectivity index (χ0v) is 14.0. The van der Waals surface area contributed by atoms with Crippen LogP contribution in [0.1, 0.15) is 22.6 Å². The van der Waals surface area contributed by atoms with Crippen LogP contribution in [0.2, 0.25) is 0 Å². The molecule has 1 amide bonds. The second-order valence-electron chi connectivity index (χ2n) is 6.00. The quantitative estimate of drug-likeness (QED) is 0.629. The van der Waals surface area contributed by atoms with Gasteiger partial charge in [-0.05, 0) is 12.1 Å². The molecule has 1 aliphatic heterocycles. The Morgan fingerprint density at radius 3 is 2.96 bits per heavy atom. The van der Waals surface area contributed by atoms with Crippen molar-refractivity contribution in [1.82, 2.24) is 20.2 Å². The van der Waals surface area contributed by atoms with Crippen LogP contribution in [0.15, 0.2) is 12.1 Å². The number of aryl methyl sites for hydroxylation is 1. The van der Waals surface area contributed by atoms with Gasteiger partial charge in [0.15, 0.2) is 6.29 Å². The number of fused-ring (bicyclic) bond motifs is 1. The summed E-state index contributed by atoms with van der Waals surface area (Å²) in [5, 5.41) is 12.6. The molecule has 0 bridgehead atoms. The lowest BCUT2D eigenvalue weighted by Crippen LogP contribution is -2.41. The minimum atomic E-state index is -0.0847. The van der Waals surface area contributed by atoms with E-state index in [1.54, 1.807) is 6.07 Å². The van der Waals surface area contributed by atoms with Gasteiger partial charge in [0, 0.05) is 39.0 Å². The van der Waals surface area contributed by atoms with Crippen molar-refractivity contribution in [2.45, 2.75) is 12.8 Å². The average Bonchev–Trinajstić information content (AvgIpc) is 3.04. The summed E-state index contributed by atoms with van der Waals surface area (Å²) in [6.45, 7) is 4.74. The number of aromatic hydroxyl groups is 1. The molecule has 1 fully saturated rings. The van der Waals surface area contributed by atoms with Gasteiger partial charge in [0.25, 0.3) is 0 Å². The van der Waals surface area contributed by atoms with Crippen molar-refractivity contribution >= 4 is 23.2 Å². The molecule has 0 radical (unpaired) electrons. The van der Waals surface area contributed by atoms with E-state index in [-0.39, 0.29) is 17.2 Å². The first-order valence-corrected chi connectivity index (χ1v) is 8.40. The lowest BCUT2D eigenvalue weighted by atomic mass is 10.2. The summed E-state index contributed by atoms with van der Waals surface area (Å²) in [6, 6.07) is 3.08. The zero-order valence-electron chi connectivity index (χ0n) is 14.0. The summed E-state index contributed by atoms with van der Waals surface area (Å²) in [7, 11) is 0. The maximum atomic E-state index is 12.0. The average molecular weight is 346 g/mol. The van der Waals surface area contributed by atoms with Gasteiger partial charge in [0.05, 0.1) is 29.8 Å². The maximum absolute atomic E-state index is 12.0. The molecule has 1 aromatic heterocycles. The van der Waals surface area contributed by atoms with Crippen LogP contribution in [0.4, 0.5) is 0 Å². The third-order valence-corrected chi connectivity index (χ3v) is 4.29. The third kappa shape index (κ3) is 4.34. The molecule has 1 saturated heterocycles. The normalized spacial score (nSPS) is 15.4. The first-order chi connectivity index (χ1) is 12.2. The van der Waals surface area contributed by atoms with Gasteiger partial charge in [-0.1, -0.05) is 0 Å². The molecular formula is C17H22N4O4. The van der Waals surface area contributed by atoms with E-state index in [0.29, 0.717) is 42.5 Å². The Morgan fingerprint density at radius 2 is 2.20 bits per heavy atom. The molecule has 1 aliphatic rings. The fraction of sp³-hybridized carbons (Fsp3) is 0.471. The molecule has 0 aliphatic carbocycles. The number of amides is 1. The van der Waals surface area contributed by atoms with Crippen LogP contribution in [0.3, 0.4) is 0 Å². The molecular weight excluding hydrogens is 324 g/mol. The minimum absolute atomic E-state index is 0.0350. The monoisotopic (exact) mass is 346 g/mol. The number of rotatable bonds is 7. The first kappa shape index (κ1) is 17.4. The van der Waals surface area contributed by atoms with Gasteiger partial charge in [-0.15, -0.1) is 0 Å². The van der Waals surface area contributed by atoms with Gasteiger partial charge < -0.3 is 20.1 Å². The first-order valence-electron chi connectivity index (χ1n) is 8.40. The van der Waals surface area contributed by atoms with Gasteiger partial charge in [0.1, 0.15) is 11.6 Å². The number of carbonyl (C=O) groups excluding carboxylic acids is 2. The van der Waals surface area contributed by atoms with Gasteiger partial charge in [-0.3, -0.25) is 14.5 Å². The number of aromatic nitrogens is 2. The minimum Gasteiger partial charge on any atom is -0.507 e. The van der Waals surface area contributed by atoms with E-state index in [1.165, 1.54) is 6.07 Å². The smallest absolute Gasteiger partial charge is 0.220 e. The fourth-order valence-electron chi connectivity index (χ4n) is 2.88. The number of phenols is 1. The molecule has 3 N–H and O–H groups in total. The number of nitrogens with one attached hydrogen (secondary N) is 2. The number of carbonyl (C=O) groups is 2. The Bertz CT molecular complexity index is 752. The van der Waals surface area contributed by atoms with E-state index < -0.39 is 0 Å². The van der Waals surface area contributed by atoms with E-state index in [9.17, 15) is 14.7 Å². The number of nitrogens with zero attached hydrogens (tertiary/aromatic N) is 2.